The molecule has 3 nitrogen and oxygen atoms in total. The predicted octanol–water partition coefficient (Wildman–Crippen LogP) is 5.46. The van der Waals surface area contributed by atoms with E-state index in [9.17, 15) is 4.79 Å². The molecule has 0 fully saturated rings. The van der Waals surface area contributed by atoms with Crippen molar-refractivity contribution in [3.8, 4) is 11.3 Å². The highest BCUT2D eigenvalue weighted by molar-refractivity contribution is 8.13. The van der Waals surface area contributed by atoms with Crippen LogP contribution in [0.25, 0.3) is 22.2 Å². The second-order valence-corrected chi connectivity index (χ2v) is 6.42. The Kier molecular flexibility index (Phi) is 5.16. The Labute approximate surface area is 146 Å². The van der Waals surface area contributed by atoms with Gasteiger partial charge in [0.25, 0.3) is 5.24 Å². The highest BCUT2D eigenvalue weighted by Gasteiger charge is 2.15. The van der Waals surface area contributed by atoms with Crippen molar-refractivity contribution in [3.63, 3.8) is 0 Å². The molecule has 3 aromatic rings. The number of para-hydroxylation sites is 1. The molecule has 4 heteroatoms. The van der Waals surface area contributed by atoms with Gasteiger partial charge in [-0.1, -0.05) is 48.5 Å². The fourth-order valence-electron chi connectivity index (χ4n) is 2.63. The van der Waals surface area contributed by atoms with Crippen molar-refractivity contribution in [2.45, 2.75) is 18.7 Å². The molecule has 122 valence electrons. The van der Waals surface area contributed by atoms with E-state index in [0.29, 0.717) is 0 Å². The van der Waals surface area contributed by atoms with Crippen molar-refractivity contribution < 1.29 is 4.79 Å². The van der Waals surface area contributed by atoms with E-state index in [0.717, 1.165) is 40.1 Å². The van der Waals surface area contributed by atoms with Gasteiger partial charge in [-0.3, -0.25) is 4.79 Å². The van der Waals surface area contributed by atoms with Gasteiger partial charge in [0.15, 0.2) is 0 Å². The zero-order valence-electron chi connectivity index (χ0n) is 13.9. The summed E-state index contributed by atoms with van der Waals surface area (Å²) in [5.41, 5.74) is 2.86. The number of amides is 1. The Morgan fingerprint density at radius 3 is 2.38 bits per heavy atom. The van der Waals surface area contributed by atoms with E-state index in [-0.39, 0.29) is 5.24 Å². The number of rotatable bonds is 4. The first-order valence-electron chi connectivity index (χ1n) is 8.15. The topological polar surface area (TPSA) is 33.2 Å². The fraction of sp³-hybridized carbons (Fsp3) is 0.200. The summed E-state index contributed by atoms with van der Waals surface area (Å²) in [5, 5.41) is 1.10. The van der Waals surface area contributed by atoms with Crippen molar-refractivity contribution in [1.82, 2.24) is 9.88 Å². The van der Waals surface area contributed by atoms with Gasteiger partial charge in [-0.25, -0.2) is 4.98 Å². The van der Waals surface area contributed by atoms with Gasteiger partial charge >= 0.3 is 0 Å². The molecule has 0 spiro atoms. The lowest BCUT2D eigenvalue weighted by Crippen LogP contribution is -2.26. The van der Waals surface area contributed by atoms with Gasteiger partial charge in [0.05, 0.1) is 11.2 Å². The third-order valence-electron chi connectivity index (χ3n) is 3.97. The Hall–Kier alpha value is -2.33. The lowest BCUT2D eigenvalue weighted by molar-refractivity contribution is 0.228. The van der Waals surface area contributed by atoms with Gasteiger partial charge < -0.3 is 4.90 Å². The summed E-state index contributed by atoms with van der Waals surface area (Å²) in [6.07, 6.45) is 0. The number of hydrogen-bond donors (Lipinski definition) is 0. The van der Waals surface area contributed by atoms with Gasteiger partial charge in [0.1, 0.15) is 0 Å². The molecule has 0 radical (unpaired) electrons. The third kappa shape index (κ3) is 3.44. The van der Waals surface area contributed by atoms with E-state index in [2.05, 4.69) is 0 Å². The van der Waals surface area contributed by atoms with E-state index in [1.54, 1.807) is 0 Å². The minimum absolute atomic E-state index is 0.0790. The van der Waals surface area contributed by atoms with E-state index in [1.165, 1.54) is 11.8 Å². The number of nitrogens with zero attached hydrogens (tertiary/aromatic N) is 2. The standard InChI is InChI=1S/C20H20N2OS/c1-3-22(4-2)20(23)24-19-14-18(15-10-6-5-7-11-15)21-17-13-9-8-12-16(17)19/h5-14H,3-4H2,1-2H3. The van der Waals surface area contributed by atoms with Gasteiger partial charge in [-0.05, 0) is 37.7 Å². The van der Waals surface area contributed by atoms with E-state index >= 15 is 0 Å². The summed E-state index contributed by atoms with van der Waals surface area (Å²) in [6, 6.07) is 20.1. The molecular weight excluding hydrogens is 316 g/mol. The molecule has 2 aromatic carbocycles. The normalized spacial score (nSPS) is 10.8. The van der Waals surface area contributed by atoms with Crippen molar-refractivity contribution >= 4 is 27.9 Å². The summed E-state index contributed by atoms with van der Waals surface area (Å²) >= 11 is 1.29. The van der Waals surface area contributed by atoms with Crippen LogP contribution in [0.5, 0.6) is 0 Å². The Morgan fingerprint density at radius 2 is 1.67 bits per heavy atom. The second kappa shape index (κ2) is 7.49. The van der Waals surface area contributed by atoms with Crippen molar-refractivity contribution in [1.29, 1.82) is 0 Å². The smallest absolute Gasteiger partial charge is 0.286 e. The van der Waals surface area contributed by atoms with Crippen LogP contribution < -0.4 is 0 Å². The quantitative estimate of drug-likeness (QED) is 0.593. The third-order valence-corrected chi connectivity index (χ3v) is 4.96. The van der Waals surface area contributed by atoms with Crippen LogP contribution >= 0.6 is 11.8 Å². The SMILES string of the molecule is CCN(CC)C(=O)Sc1cc(-c2ccccc2)nc2ccccc12. The molecule has 0 bridgehead atoms. The molecule has 0 aliphatic carbocycles. The number of pyridine rings is 1. The van der Waals surface area contributed by atoms with Gasteiger partial charge in [0, 0.05) is 28.9 Å². The Bertz CT molecular complexity index is 845. The zero-order valence-corrected chi connectivity index (χ0v) is 14.7. The summed E-state index contributed by atoms with van der Waals surface area (Å²) in [5.74, 6) is 0. The minimum atomic E-state index is 0.0790. The van der Waals surface area contributed by atoms with Crippen LogP contribution in [0.4, 0.5) is 4.79 Å². The molecular formula is C20H20N2OS. The summed E-state index contributed by atoms with van der Waals surface area (Å²) < 4.78 is 0. The zero-order chi connectivity index (χ0) is 16.9. The van der Waals surface area contributed by atoms with Crippen LogP contribution in [0.2, 0.25) is 0 Å². The first-order chi connectivity index (χ1) is 11.7. The number of aromatic nitrogens is 1. The number of carbonyl (C=O) groups excluding carboxylic acids is 1. The van der Waals surface area contributed by atoms with Gasteiger partial charge in [-0.2, -0.15) is 0 Å². The molecule has 24 heavy (non-hydrogen) atoms. The Morgan fingerprint density at radius 1 is 1.00 bits per heavy atom. The molecule has 0 unspecified atom stereocenters. The van der Waals surface area contributed by atoms with Crippen LogP contribution in [0.15, 0.2) is 65.6 Å². The lowest BCUT2D eigenvalue weighted by atomic mass is 10.1. The molecule has 3 rings (SSSR count). The van der Waals surface area contributed by atoms with Crippen LogP contribution in [0.3, 0.4) is 0 Å². The fourth-order valence-corrected chi connectivity index (χ4v) is 3.65. The average Bonchev–Trinajstić information content (AvgIpc) is 2.63. The number of hydrogen-bond acceptors (Lipinski definition) is 3. The van der Waals surface area contributed by atoms with Crippen molar-refractivity contribution in [2.24, 2.45) is 0 Å². The molecule has 1 amide bonds. The largest absolute Gasteiger partial charge is 0.334 e. The molecule has 0 aliphatic heterocycles. The highest BCUT2D eigenvalue weighted by Crippen LogP contribution is 2.32. The first-order valence-corrected chi connectivity index (χ1v) is 8.96. The molecule has 0 saturated carbocycles. The van der Waals surface area contributed by atoms with E-state index < -0.39 is 0 Å². The highest BCUT2D eigenvalue weighted by atomic mass is 32.2. The van der Waals surface area contributed by atoms with E-state index in [4.69, 9.17) is 4.98 Å². The predicted molar refractivity (Wildman–Crippen MR) is 101 cm³/mol. The van der Waals surface area contributed by atoms with Crippen molar-refractivity contribution in [2.75, 3.05) is 13.1 Å². The monoisotopic (exact) mass is 336 g/mol. The Balaban J connectivity index is 2.07. The lowest BCUT2D eigenvalue weighted by Gasteiger charge is -2.18. The summed E-state index contributed by atoms with van der Waals surface area (Å²) in [7, 11) is 0. The molecule has 1 aromatic heterocycles. The molecule has 0 saturated heterocycles. The van der Waals surface area contributed by atoms with E-state index in [1.807, 2.05) is 79.4 Å². The number of fused-ring (bicyclic) bond motifs is 1. The van der Waals surface area contributed by atoms with Crippen LogP contribution in [-0.2, 0) is 0 Å². The minimum Gasteiger partial charge on any atom is -0.334 e. The first kappa shape index (κ1) is 16.5. The van der Waals surface area contributed by atoms with Gasteiger partial charge in [0.2, 0.25) is 0 Å². The van der Waals surface area contributed by atoms with Crippen molar-refractivity contribution in [3.05, 3.63) is 60.7 Å². The maximum Gasteiger partial charge on any atom is 0.286 e. The maximum atomic E-state index is 12.5. The average molecular weight is 336 g/mol. The van der Waals surface area contributed by atoms with Crippen LogP contribution in [0, 0.1) is 0 Å². The maximum absolute atomic E-state index is 12.5. The number of benzene rings is 2. The summed E-state index contributed by atoms with van der Waals surface area (Å²) in [6.45, 7) is 5.44. The number of carbonyl (C=O) groups is 1. The molecule has 0 N–H and O–H groups in total. The number of thioether (sulfide) groups is 1. The second-order valence-electron chi connectivity index (χ2n) is 5.43. The van der Waals surface area contributed by atoms with Gasteiger partial charge in [-0.15, -0.1) is 0 Å². The summed E-state index contributed by atoms with van der Waals surface area (Å²) in [4.78, 5) is 20.1. The molecule has 0 atom stereocenters. The molecule has 0 aliphatic rings. The van der Waals surface area contributed by atoms with Crippen LogP contribution in [-0.4, -0.2) is 28.2 Å². The van der Waals surface area contributed by atoms with Crippen LogP contribution in [0.1, 0.15) is 13.8 Å². The molecule has 1 heterocycles.